The molecule has 0 spiro atoms. The number of carbonyl (C=O) groups is 1. The fourth-order valence-corrected chi connectivity index (χ4v) is 3.02. The quantitative estimate of drug-likeness (QED) is 0.595. The summed E-state index contributed by atoms with van der Waals surface area (Å²) in [5.74, 6) is -1.15. The third kappa shape index (κ3) is 5.10. The Kier molecular flexibility index (Phi) is 5.84. The summed E-state index contributed by atoms with van der Waals surface area (Å²) in [7, 11) is -2.68. The van der Waals surface area contributed by atoms with Crippen LogP contribution in [0, 0.1) is 5.82 Å². The Morgan fingerprint density at radius 3 is 2.60 bits per heavy atom. The number of likely N-dealkylation sites (N-methyl/N-ethyl adjacent to an activating group) is 1. The van der Waals surface area contributed by atoms with Crippen LogP contribution in [0.1, 0.15) is 5.56 Å². The number of hydrogen-bond acceptors (Lipinski definition) is 5. The molecule has 0 heterocycles. The number of hydrogen-bond donors (Lipinski definition) is 2. The molecule has 0 saturated heterocycles. The van der Waals surface area contributed by atoms with Crippen molar-refractivity contribution in [2.45, 2.75) is 4.90 Å². The Morgan fingerprint density at radius 1 is 1.28 bits per heavy atom. The van der Waals surface area contributed by atoms with E-state index < -0.39 is 28.3 Å². The normalized spacial score (nSPS) is 11.8. The van der Waals surface area contributed by atoms with Crippen LogP contribution in [0.25, 0.3) is 0 Å². The molecule has 132 valence electrons. The Bertz CT molecular complexity index is 883. The smallest absolute Gasteiger partial charge is 0.255 e. The van der Waals surface area contributed by atoms with Crippen molar-refractivity contribution in [3.63, 3.8) is 0 Å². The molecule has 1 amide bonds. The summed E-state index contributed by atoms with van der Waals surface area (Å²) in [5.41, 5.74) is 2.76. The number of nitrogens with one attached hydrogen (secondary N) is 1. The van der Waals surface area contributed by atoms with E-state index in [2.05, 4.69) is 10.5 Å². The summed E-state index contributed by atoms with van der Waals surface area (Å²) in [4.78, 5) is 11.7. The van der Waals surface area contributed by atoms with Crippen molar-refractivity contribution >= 4 is 22.1 Å². The third-order valence-electron chi connectivity index (χ3n) is 3.16. The van der Waals surface area contributed by atoms with E-state index in [4.69, 9.17) is 0 Å². The van der Waals surface area contributed by atoms with Crippen LogP contribution in [0.5, 0.6) is 5.75 Å². The van der Waals surface area contributed by atoms with Gasteiger partial charge in [-0.2, -0.15) is 9.41 Å². The SMILES string of the molecule is CN(CC(=O)N/N=C\c1cccc(O)c1)S(=O)(=O)c1ccc(F)cc1. The van der Waals surface area contributed by atoms with Gasteiger partial charge < -0.3 is 5.11 Å². The number of hydrazone groups is 1. The summed E-state index contributed by atoms with van der Waals surface area (Å²) < 4.78 is 38.3. The Morgan fingerprint density at radius 2 is 1.96 bits per heavy atom. The zero-order valence-electron chi connectivity index (χ0n) is 13.3. The summed E-state index contributed by atoms with van der Waals surface area (Å²) in [5, 5.41) is 13.0. The van der Waals surface area contributed by atoms with Crippen molar-refractivity contribution < 1.29 is 22.7 Å². The molecular weight excluding hydrogens is 349 g/mol. The molecule has 0 aliphatic carbocycles. The Labute approximate surface area is 144 Å². The number of amides is 1. The van der Waals surface area contributed by atoms with Gasteiger partial charge in [-0.3, -0.25) is 4.79 Å². The molecule has 25 heavy (non-hydrogen) atoms. The molecule has 2 N–H and O–H groups in total. The minimum Gasteiger partial charge on any atom is -0.508 e. The van der Waals surface area contributed by atoms with Gasteiger partial charge in [-0.25, -0.2) is 18.2 Å². The van der Waals surface area contributed by atoms with E-state index in [1.807, 2.05) is 0 Å². The van der Waals surface area contributed by atoms with Gasteiger partial charge in [0.1, 0.15) is 11.6 Å². The molecule has 2 rings (SSSR count). The molecule has 0 fully saturated rings. The van der Waals surface area contributed by atoms with E-state index in [0.29, 0.717) is 5.56 Å². The highest BCUT2D eigenvalue weighted by molar-refractivity contribution is 7.89. The van der Waals surface area contributed by atoms with Crippen LogP contribution >= 0.6 is 0 Å². The first-order valence-electron chi connectivity index (χ1n) is 7.12. The number of halogens is 1. The van der Waals surface area contributed by atoms with Gasteiger partial charge in [0.05, 0.1) is 17.7 Å². The second-order valence-electron chi connectivity index (χ2n) is 5.10. The van der Waals surface area contributed by atoms with Crippen molar-refractivity contribution in [2.24, 2.45) is 5.10 Å². The largest absolute Gasteiger partial charge is 0.508 e. The highest BCUT2D eigenvalue weighted by atomic mass is 32.2. The third-order valence-corrected chi connectivity index (χ3v) is 4.98. The van der Waals surface area contributed by atoms with Crippen LogP contribution in [0.3, 0.4) is 0 Å². The monoisotopic (exact) mass is 365 g/mol. The first-order valence-corrected chi connectivity index (χ1v) is 8.56. The number of benzene rings is 2. The zero-order chi connectivity index (χ0) is 18.4. The average molecular weight is 365 g/mol. The molecule has 0 unspecified atom stereocenters. The van der Waals surface area contributed by atoms with Gasteiger partial charge in [0, 0.05) is 7.05 Å². The number of rotatable bonds is 6. The number of phenolic OH excluding ortho intramolecular Hbond substituents is 1. The van der Waals surface area contributed by atoms with Crippen LogP contribution < -0.4 is 5.43 Å². The number of carbonyl (C=O) groups excluding carboxylic acids is 1. The maximum absolute atomic E-state index is 12.9. The van der Waals surface area contributed by atoms with E-state index in [1.165, 1.54) is 25.4 Å². The van der Waals surface area contributed by atoms with Gasteiger partial charge in [-0.05, 0) is 42.0 Å². The second kappa shape index (κ2) is 7.86. The number of nitrogens with zero attached hydrogens (tertiary/aromatic N) is 2. The van der Waals surface area contributed by atoms with E-state index in [9.17, 15) is 22.7 Å². The van der Waals surface area contributed by atoms with Crippen molar-refractivity contribution in [3.8, 4) is 5.75 Å². The van der Waals surface area contributed by atoms with Crippen LogP contribution in [-0.2, 0) is 14.8 Å². The fraction of sp³-hybridized carbons (Fsp3) is 0.125. The van der Waals surface area contributed by atoms with E-state index in [0.717, 1.165) is 28.6 Å². The van der Waals surface area contributed by atoms with Crippen molar-refractivity contribution in [1.82, 2.24) is 9.73 Å². The summed E-state index contributed by atoms with van der Waals surface area (Å²) in [6.07, 6.45) is 1.31. The minimum absolute atomic E-state index is 0.0559. The van der Waals surface area contributed by atoms with Crippen molar-refractivity contribution in [1.29, 1.82) is 0 Å². The van der Waals surface area contributed by atoms with Gasteiger partial charge in [0.15, 0.2) is 0 Å². The van der Waals surface area contributed by atoms with Crippen LogP contribution in [-0.4, -0.2) is 43.5 Å². The van der Waals surface area contributed by atoms with Gasteiger partial charge in [0.25, 0.3) is 5.91 Å². The molecule has 9 heteroatoms. The molecule has 0 atom stereocenters. The average Bonchev–Trinajstić information content (AvgIpc) is 2.55. The second-order valence-corrected chi connectivity index (χ2v) is 7.15. The lowest BCUT2D eigenvalue weighted by Crippen LogP contribution is -2.36. The highest BCUT2D eigenvalue weighted by Gasteiger charge is 2.22. The maximum atomic E-state index is 12.9. The molecule has 7 nitrogen and oxygen atoms in total. The van der Waals surface area contributed by atoms with E-state index >= 15 is 0 Å². The highest BCUT2D eigenvalue weighted by Crippen LogP contribution is 2.14. The van der Waals surface area contributed by atoms with E-state index in [1.54, 1.807) is 12.1 Å². The van der Waals surface area contributed by atoms with Crippen LogP contribution in [0.2, 0.25) is 0 Å². The minimum atomic E-state index is -3.91. The number of phenols is 1. The molecule has 0 bridgehead atoms. The maximum Gasteiger partial charge on any atom is 0.255 e. The number of aromatic hydroxyl groups is 1. The lowest BCUT2D eigenvalue weighted by atomic mass is 10.2. The zero-order valence-corrected chi connectivity index (χ0v) is 14.1. The Balaban J connectivity index is 1.96. The molecular formula is C16H16FN3O4S. The van der Waals surface area contributed by atoms with Gasteiger partial charge in [-0.1, -0.05) is 12.1 Å². The van der Waals surface area contributed by atoms with Crippen LogP contribution in [0.4, 0.5) is 4.39 Å². The number of sulfonamides is 1. The first kappa shape index (κ1) is 18.6. The van der Waals surface area contributed by atoms with Gasteiger partial charge in [-0.15, -0.1) is 0 Å². The standard InChI is InChI=1S/C16H16FN3O4S/c1-20(25(23,24)15-7-5-13(17)6-8-15)11-16(22)19-18-10-12-3-2-4-14(21)9-12/h2-10,21H,11H2,1H3,(H,19,22)/b18-10-. The molecule has 0 aliphatic heterocycles. The molecule has 2 aromatic rings. The van der Waals surface area contributed by atoms with Gasteiger partial charge >= 0.3 is 0 Å². The predicted octanol–water partition coefficient (Wildman–Crippen LogP) is 1.30. The van der Waals surface area contributed by atoms with Gasteiger partial charge in [0.2, 0.25) is 10.0 Å². The Hall–Kier alpha value is -2.78. The summed E-state index contributed by atoms with van der Waals surface area (Å²) in [6.45, 7) is -0.461. The molecule has 0 aromatic heterocycles. The lowest BCUT2D eigenvalue weighted by Gasteiger charge is -2.16. The molecule has 0 radical (unpaired) electrons. The predicted molar refractivity (Wildman–Crippen MR) is 90.1 cm³/mol. The molecule has 2 aromatic carbocycles. The first-order chi connectivity index (χ1) is 11.8. The summed E-state index contributed by atoms with van der Waals surface area (Å²) >= 11 is 0. The topological polar surface area (TPSA) is 99.1 Å². The molecule has 0 aliphatic rings. The van der Waals surface area contributed by atoms with E-state index in [-0.39, 0.29) is 10.6 Å². The summed E-state index contributed by atoms with van der Waals surface area (Å²) in [6, 6.07) is 10.5. The lowest BCUT2D eigenvalue weighted by molar-refractivity contribution is -0.121. The molecule has 0 saturated carbocycles. The van der Waals surface area contributed by atoms with Crippen molar-refractivity contribution in [3.05, 3.63) is 59.9 Å². The van der Waals surface area contributed by atoms with Crippen LogP contribution in [0.15, 0.2) is 58.5 Å². The van der Waals surface area contributed by atoms with Crippen molar-refractivity contribution in [2.75, 3.05) is 13.6 Å². The fourth-order valence-electron chi connectivity index (χ4n) is 1.89.